The van der Waals surface area contributed by atoms with Gasteiger partial charge in [0.15, 0.2) is 5.50 Å². The number of hydrogen-bond donors (Lipinski definition) is 2. The van der Waals surface area contributed by atoms with Gasteiger partial charge >= 0.3 is 0 Å². The standard InChI is InChI=1S/C13H17N3OS/c1-8(2)11(14)12(17)16-13-15-10-6-4-3-5-9(10)7-18-13/h3-8,11,13H,14H2,1-2H3,(H,16,17)/t11-,13?/m0/s1. The van der Waals surface area contributed by atoms with Gasteiger partial charge in [-0.05, 0) is 17.4 Å². The summed E-state index contributed by atoms with van der Waals surface area (Å²) in [6.45, 7) is 3.85. The van der Waals surface area contributed by atoms with Gasteiger partial charge in [-0.3, -0.25) is 4.79 Å². The number of hydrogen-bond acceptors (Lipinski definition) is 4. The number of nitrogens with one attached hydrogen (secondary N) is 1. The van der Waals surface area contributed by atoms with Crippen molar-refractivity contribution >= 4 is 23.1 Å². The van der Waals surface area contributed by atoms with Crippen LogP contribution in [0.2, 0.25) is 0 Å². The summed E-state index contributed by atoms with van der Waals surface area (Å²) in [5, 5.41) is 6.84. The zero-order valence-electron chi connectivity index (χ0n) is 10.5. The molecule has 18 heavy (non-hydrogen) atoms. The van der Waals surface area contributed by atoms with Crippen LogP contribution in [0.3, 0.4) is 0 Å². The van der Waals surface area contributed by atoms with Crippen LogP contribution in [0.1, 0.15) is 13.8 Å². The quantitative estimate of drug-likeness (QED) is 0.817. The van der Waals surface area contributed by atoms with Gasteiger partial charge in [0.25, 0.3) is 0 Å². The molecular formula is C13H17N3OS. The maximum Gasteiger partial charge on any atom is 0.239 e. The topological polar surface area (TPSA) is 67.5 Å². The van der Waals surface area contributed by atoms with Crippen LogP contribution in [-0.2, 0) is 4.79 Å². The third-order valence-corrected chi connectivity index (χ3v) is 3.67. The highest BCUT2D eigenvalue weighted by atomic mass is 32.2. The van der Waals surface area contributed by atoms with Gasteiger partial charge in [-0.25, -0.2) is 4.99 Å². The van der Waals surface area contributed by atoms with Crippen LogP contribution < -0.4 is 21.6 Å². The molecule has 2 atom stereocenters. The largest absolute Gasteiger partial charge is 0.324 e. The lowest BCUT2D eigenvalue weighted by Gasteiger charge is -2.19. The molecule has 0 bridgehead atoms. The Kier molecular flexibility index (Phi) is 4.04. The number of benzene rings is 1. The van der Waals surface area contributed by atoms with Gasteiger partial charge in [0, 0.05) is 5.22 Å². The van der Waals surface area contributed by atoms with Crippen molar-refractivity contribution in [1.82, 2.24) is 5.32 Å². The number of carbonyl (C=O) groups is 1. The number of para-hydroxylation sites is 1. The molecule has 1 unspecified atom stereocenters. The zero-order valence-corrected chi connectivity index (χ0v) is 11.3. The molecule has 4 nitrogen and oxygen atoms in total. The van der Waals surface area contributed by atoms with E-state index in [-0.39, 0.29) is 17.3 Å². The molecule has 0 radical (unpaired) electrons. The molecule has 1 aliphatic rings. The van der Waals surface area contributed by atoms with E-state index in [2.05, 4.69) is 10.3 Å². The van der Waals surface area contributed by atoms with Crippen molar-refractivity contribution in [2.24, 2.45) is 16.6 Å². The van der Waals surface area contributed by atoms with Gasteiger partial charge in [0.05, 0.1) is 11.4 Å². The fourth-order valence-corrected chi connectivity index (χ4v) is 2.42. The highest BCUT2D eigenvalue weighted by Gasteiger charge is 2.20. The van der Waals surface area contributed by atoms with Crippen molar-refractivity contribution < 1.29 is 4.79 Å². The maximum atomic E-state index is 11.8. The summed E-state index contributed by atoms with van der Waals surface area (Å²) in [5.41, 5.74) is 5.52. The normalized spacial score (nSPS) is 19.4. The fourth-order valence-electron chi connectivity index (χ4n) is 1.59. The predicted molar refractivity (Wildman–Crippen MR) is 74.0 cm³/mol. The minimum atomic E-state index is -0.488. The summed E-state index contributed by atoms with van der Waals surface area (Å²) in [6, 6.07) is 7.36. The van der Waals surface area contributed by atoms with Gasteiger partial charge < -0.3 is 11.1 Å². The molecule has 1 aliphatic heterocycles. The average molecular weight is 263 g/mol. The first-order chi connectivity index (χ1) is 8.58. The highest BCUT2D eigenvalue weighted by molar-refractivity contribution is 8.07. The Hall–Kier alpha value is -1.33. The Bertz CT molecular complexity index is 556. The number of amides is 1. The summed E-state index contributed by atoms with van der Waals surface area (Å²) in [5.74, 6) is -0.0334. The van der Waals surface area contributed by atoms with E-state index in [0.717, 1.165) is 10.6 Å². The molecule has 2 rings (SSSR count). The van der Waals surface area contributed by atoms with Crippen molar-refractivity contribution in [3.05, 3.63) is 34.8 Å². The van der Waals surface area contributed by atoms with E-state index in [9.17, 15) is 4.79 Å². The van der Waals surface area contributed by atoms with E-state index in [1.54, 1.807) is 0 Å². The van der Waals surface area contributed by atoms with E-state index in [1.165, 1.54) is 11.8 Å². The SMILES string of the molecule is CC(C)[C@H](N)C(=O)NC1N=c2ccccc2=CS1. The van der Waals surface area contributed by atoms with E-state index in [1.807, 2.05) is 43.5 Å². The minimum absolute atomic E-state index is 0.120. The van der Waals surface area contributed by atoms with Crippen molar-refractivity contribution in [2.75, 3.05) is 0 Å². The van der Waals surface area contributed by atoms with Gasteiger partial charge in [-0.1, -0.05) is 43.8 Å². The van der Waals surface area contributed by atoms with Crippen molar-refractivity contribution in [1.29, 1.82) is 0 Å². The molecule has 1 aromatic rings. The van der Waals surface area contributed by atoms with Gasteiger partial charge in [-0.15, -0.1) is 0 Å². The molecule has 3 N–H and O–H groups in total. The monoisotopic (exact) mass is 263 g/mol. The first-order valence-corrected chi connectivity index (χ1v) is 6.86. The predicted octanol–water partition coefficient (Wildman–Crippen LogP) is 0.174. The highest BCUT2D eigenvalue weighted by Crippen LogP contribution is 2.12. The number of nitrogens with zero attached hydrogens (tertiary/aromatic N) is 1. The first kappa shape index (κ1) is 13.1. The Labute approximate surface area is 110 Å². The van der Waals surface area contributed by atoms with Gasteiger partial charge in [0.2, 0.25) is 5.91 Å². The first-order valence-electron chi connectivity index (χ1n) is 5.92. The van der Waals surface area contributed by atoms with Crippen molar-refractivity contribution in [2.45, 2.75) is 25.4 Å². The second-order valence-electron chi connectivity index (χ2n) is 4.57. The Morgan fingerprint density at radius 2 is 2.17 bits per heavy atom. The van der Waals surface area contributed by atoms with Gasteiger partial charge in [-0.2, -0.15) is 0 Å². The summed E-state index contributed by atoms with van der Waals surface area (Å²) >= 11 is 1.48. The van der Waals surface area contributed by atoms with Crippen molar-refractivity contribution in [3.8, 4) is 0 Å². The number of carbonyl (C=O) groups excluding carboxylic acids is 1. The third kappa shape index (κ3) is 2.91. The van der Waals surface area contributed by atoms with Crippen LogP contribution in [-0.4, -0.2) is 17.4 Å². The Morgan fingerprint density at radius 3 is 2.89 bits per heavy atom. The van der Waals surface area contributed by atoms with E-state index < -0.39 is 6.04 Å². The van der Waals surface area contributed by atoms with Crippen LogP contribution in [0.4, 0.5) is 0 Å². The smallest absolute Gasteiger partial charge is 0.239 e. The molecule has 96 valence electrons. The lowest BCUT2D eigenvalue weighted by molar-refractivity contribution is -0.123. The minimum Gasteiger partial charge on any atom is -0.324 e. The molecule has 1 heterocycles. The number of rotatable bonds is 3. The lowest BCUT2D eigenvalue weighted by atomic mass is 10.1. The van der Waals surface area contributed by atoms with Crippen LogP contribution in [0.15, 0.2) is 29.3 Å². The number of fused-ring (bicyclic) bond motifs is 1. The van der Waals surface area contributed by atoms with Crippen LogP contribution in [0.5, 0.6) is 0 Å². The molecule has 0 spiro atoms. The molecule has 5 heteroatoms. The van der Waals surface area contributed by atoms with E-state index in [4.69, 9.17) is 5.73 Å². The number of nitrogens with two attached hydrogens (primary N) is 1. The summed E-state index contributed by atoms with van der Waals surface area (Å²) < 4.78 is 0. The van der Waals surface area contributed by atoms with Crippen LogP contribution in [0.25, 0.3) is 5.41 Å². The molecular weight excluding hydrogens is 246 g/mol. The van der Waals surface area contributed by atoms with Crippen LogP contribution in [0, 0.1) is 5.92 Å². The molecule has 0 aliphatic carbocycles. The maximum absolute atomic E-state index is 11.8. The molecule has 0 fully saturated rings. The molecule has 0 saturated carbocycles. The van der Waals surface area contributed by atoms with Crippen LogP contribution >= 0.6 is 11.8 Å². The molecule has 1 aromatic carbocycles. The van der Waals surface area contributed by atoms with E-state index >= 15 is 0 Å². The van der Waals surface area contributed by atoms with E-state index in [0.29, 0.717) is 0 Å². The fraction of sp³-hybridized carbons (Fsp3) is 0.385. The second-order valence-corrected chi connectivity index (χ2v) is 5.53. The summed E-state index contributed by atoms with van der Waals surface area (Å²) in [7, 11) is 0. The average Bonchev–Trinajstić information content (AvgIpc) is 2.37. The Morgan fingerprint density at radius 1 is 1.44 bits per heavy atom. The lowest BCUT2D eigenvalue weighted by Crippen LogP contribution is -2.47. The molecule has 1 amide bonds. The molecule has 0 saturated heterocycles. The van der Waals surface area contributed by atoms with Gasteiger partial charge in [0.1, 0.15) is 0 Å². The Balaban J connectivity index is 2.10. The summed E-state index contributed by atoms with van der Waals surface area (Å²) in [4.78, 5) is 16.3. The second kappa shape index (κ2) is 5.54. The zero-order chi connectivity index (χ0) is 13.1. The van der Waals surface area contributed by atoms with Crippen molar-refractivity contribution in [3.63, 3.8) is 0 Å². The summed E-state index contributed by atoms with van der Waals surface area (Å²) in [6.07, 6.45) is 0. The number of thioether (sulfide) groups is 1. The molecule has 0 aromatic heterocycles. The third-order valence-electron chi connectivity index (χ3n) is 2.80.